The van der Waals surface area contributed by atoms with Crippen LogP contribution in [0.2, 0.25) is 0 Å². The highest BCUT2D eigenvalue weighted by molar-refractivity contribution is 7.99. The molecular weight excluding hydrogens is 346 g/mol. The van der Waals surface area contributed by atoms with Crippen molar-refractivity contribution in [3.8, 4) is 0 Å². The quantitative estimate of drug-likeness (QED) is 0.727. The highest BCUT2D eigenvalue weighted by atomic mass is 32.2. The zero-order chi connectivity index (χ0) is 18.5. The molecule has 6 heteroatoms. The first-order valence-electron chi connectivity index (χ1n) is 8.82. The lowest BCUT2D eigenvalue weighted by Crippen LogP contribution is -2.24. The van der Waals surface area contributed by atoms with Crippen LogP contribution in [0.25, 0.3) is 0 Å². The van der Waals surface area contributed by atoms with E-state index in [2.05, 4.69) is 29.5 Å². The average molecular weight is 369 g/mol. The lowest BCUT2D eigenvalue weighted by molar-refractivity contribution is -0.117. The Labute approximate surface area is 158 Å². The largest absolute Gasteiger partial charge is 0.348 e. The van der Waals surface area contributed by atoms with Gasteiger partial charge in [-0.15, -0.1) is 11.8 Å². The molecule has 1 saturated carbocycles. The minimum absolute atomic E-state index is 0.0805. The Morgan fingerprint density at radius 1 is 1.23 bits per heavy atom. The van der Waals surface area contributed by atoms with E-state index in [0.29, 0.717) is 17.4 Å². The highest BCUT2D eigenvalue weighted by Gasteiger charge is 2.29. The summed E-state index contributed by atoms with van der Waals surface area (Å²) < 4.78 is 0. The summed E-state index contributed by atoms with van der Waals surface area (Å²) >= 11 is 1.57. The fourth-order valence-corrected chi connectivity index (χ4v) is 3.36. The summed E-state index contributed by atoms with van der Waals surface area (Å²) in [6, 6.07) is 11.1. The third-order valence-electron chi connectivity index (χ3n) is 3.96. The first-order valence-corrected chi connectivity index (χ1v) is 9.70. The van der Waals surface area contributed by atoms with Crippen molar-refractivity contribution in [3.63, 3.8) is 0 Å². The van der Waals surface area contributed by atoms with Gasteiger partial charge in [0.2, 0.25) is 5.91 Å². The molecule has 0 aliphatic heterocycles. The van der Waals surface area contributed by atoms with Gasteiger partial charge >= 0.3 is 0 Å². The fraction of sp³-hybridized carbons (Fsp3) is 0.350. The lowest BCUT2D eigenvalue weighted by atomic mass is 10.2. The number of nitrogens with one attached hydrogen (secondary N) is 2. The van der Waals surface area contributed by atoms with Crippen molar-refractivity contribution < 1.29 is 9.59 Å². The second-order valence-electron chi connectivity index (χ2n) is 6.67. The summed E-state index contributed by atoms with van der Waals surface area (Å²) in [5.41, 5.74) is 2.30. The van der Waals surface area contributed by atoms with Gasteiger partial charge in [0.25, 0.3) is 5.91 Å². The van der Waals surface area contributed by atoms with Crippen molar-refractivity contribution in [2.24, 2.45) is 5.92 Å². The molecule has 136 valence electrons. The zero-order valence-electron chi connectivity index (χ0n) is 15.0. The number of carbonyl (C=O) groups excluding carboxylic acids is 2. The Kier molecular flexibility index (Phi) is 5.93. The van der Waals surface area contributed by atoms with Crippen LogP contribution in [0.3, 0.4) is 0 Å². The Hall–Kier alpha value is -2.34. The number of amides is 2. The molecule has 3 rings (SSSR count). The Balaban J connectivity index is 1.62. The van der Waals surface area contributed by atoms with E-state index in [-0.39, 0.29) is 17.7 Å². The molecule has 26 heavy (non-hydrogen) atoms. The van der Waals surface area contributed by atoms with Crippen LogP contribution in [0.15, 0.2) is 47.6 Å². The van der Waals surface area contributed by atoms with E-state index in [9.17, 15) is 9.59 Å². The van der Waals surface area contributed by atoms with Gasteiger partial charge < -0.3 is 10.6 Å². The molecule has 0 bridgehead atoms. The summed E-state index contributed by atoms with van der Waals surface area (Å²) in [4.78, 5) is 28.7. The molecular formula is C20H23N3O2S. The van der Waals surface area contributed by atoms with Crippen LogP contribution in [0.4, 0.5) is 5.69 Å². The van der Waals surface area contributed by atoms with E-state index < -0.39 is 0 Å². The number of carbonyl (C=O) groups is 2. The van der Waals surface area contributed by atoms with E-state index in [1.807, 2.05) is 24.3 Å². The maximum atomic E-state index is 12.5. The maximum absolute atomic E-state index is 12.5. The third kappa shape index (κ3) is 5.08. The maximum Gasteiger partial charge on any atom is 0.254 e. The summed E-state index contributed by atoms with van der Waals surface area (Å²) in [6.45, 7) is 4.54. The standard InChI is InChI=1S/C20H23N3O2S/c1-13(2)26-20-17(7-4-10-21-20)19(25)22-12-14-5-3-6-16(11-14)23-18(24)15-8-9-15/h3-7,10-11,13,15H,8-9,12H2,1-2H3,(H,22,25)(H,23,24). The van der Waals surface area contributed by atoms with Crippen molar-refractivity contribution in [2.75, 3.05) is 5.32 Å². The minimum Gasteiger partial charge on any atom is -0.348 e. The van der Waals surface area contributed by atoms with Crippen LogP contribution in [-0.2, 0) is 11.3 Å². The predicted molar refractivity (Wildman–Crippen MR) is 104 cm³/mol. The molecule has 1 fully saturated rings. The summed E-state index contributed by atoms with van der Waals surface area (Å²) in [6.07, 6.45) is 3.65. The predicted octanol–water partition coefficient (Wildman–Crippen LogP) is 3.86. The molecule has 1 aromatic carbocycles. The van der Waals surface area contributed by atoms with Gasteiger partial charge in [-0.25, -0.2) is 4.98 Å². The summed E-state index contributed by atoms with van der Waals surface area (Å²) in [5, 5.41) is 6.96. The summed E-state index contributed by atoms with van der Waals surface area (Å²) in [5.74, 6) is 0.103. The normalized spacial score (nSPS) is 13.5. The van der Waals surface area contributed by atoms with Gasteiger partial charge in [-0.2, -0.15) is 0 Å². The molecule has 2 N–H and O–H groups in total. The number of benzene rings is 1. The van der Waals surface area contributed by atoms with E-state index >= 15 is 0 Å². The van der Waals surface area contributed by atoms with Crippen molar-refractivity contribution in [3.05, 3.63) is 53.7 Å². The summed E-state index contributed by atoms with van der Waals surface area (Å²) in [7, 11) is 0. The Bertz CT molecular complexity index is 803. The van der Waals surface area contributed by atoms with Gasteiger partial charge in [0.05, 0.1) is 5.56 Å². The molecule has 1 heterocycles. The first-order chi connectivity index (χ1) is 12.5. The average Bonchev–Trinajstić information content (AvgIpc) is 3.45. The zero-order valence-corrected chi connectivity index (χ0v) is 15.8. The Morgan fingerprint density at radius 2 is 2.04 bits per heavy atom. The van der Waals surface area contributed by atoms with Crippen LogP contribution in [-0.4, -0.2) is 22.0 Å². The number of anilines is 1. The smallest absolute Gasteiger partial charge is 0.254 e. The number of rotatable bonds is 7. The van der Waals surface area contributed by atoms with Gasteiger partial charge in [0.1, 0.15) is 5.03 Å². The molecule has 0 unspecified atom stereocenters. The van der Waals surface area contributed by atoms with Crippen LogP contribution in [0, 0.1) is 5.92 Å². The molecule has 0 spiro atoms. The van der Waals surface area contributed by atoms with Gasteiger partial charge in [-0.05, 0) is 42.7 Å². The van der Waals surface area contributed by atoms with Gasteiger partial charge in [0.15, 0.2) is 0 Å². The number of thioether (sulfide) groups is 1. The number of nitrogens with zero attached hydrogens (tertiary/aromatic N) is 1. The molecule has 0 radical (unpaired) electrons. The third-order valence-corrected chi connectivity index (χ3v) is 4.98. The number of aromatic nitrogens is 1. The molecule has 1 aromatic heterocycles. The molecule has 5 nitrogen and oxygen atoms in total. The van der Waals surface area contributed by atoms with E-state index in [4.69, 9.17) is 0 Å². The van der Waals surface area contributed by atoms with Crippen molar-refractivity contribution >= 4 is 29.3 Å². The second kappa shape index (κ2) is 8.36. The molecule has 0 atom stereocenters. The van der Waals surface area contributed by atoms with E-state index in [1.54, 1.807) is 30.1 Å². The fourth-order valence-electron chi connectivity index (χ4n) is 2.51. The number of hydrogen-bond acceptors (Lipinski definition) is 4. The molecule has 0 saturated heterocycles. The minimum atomic E-state index is -0.145. The van der Waals surface area contributed by atoms with Crippen LogP contribution in [0.5, 0.6) is 0 Å². The molecule has 1 aliphatic carbocycles. The molecule has 1 aliphatic rings. The topological polar surface area (TPSA) is 71.1 Å². The van der Waals surface area contributed by atoms with Gasteiger partial charge in [-0.3, -0.25) is 9.59 Å². The van der Waals surface area contributed by atoms with Crippen LogP contribution in [0.1, 0.15) is 42.6 Å². The highest BCUT2D eigenvalue weighted by Crippen LogP contribution is 2.30. The van der Waals surface area contributed by atoms with Crippen molar-refractivity contribution in [1.29, 1.82) is 0 Å². The van der Waals surface area contributed by atoms with Gasteiger partial charge in [-0.1, -0.05) is 26.0 Å². The SMILES string of the molecule is CC(C)Sc1ncccc1C(=O)NCc1cccc(NC(=O)C2CC2)c1. The van der Waals surface area contributed by atoms with Crippen LogP contribution < -0.4 is 10.6 Å². The molecule has 2 aromatic rings. The second-order valence-corrected chi connectivity index (χ2v) is 8.23. The number of hydrogen-bond donors (Lipinski definition) is 2. The van der Waals surface area contributed by atoms with Gasteiger partial charge in [0, 0.05) is 29.6 Å². The molecule has 2 amide bonds. The lowest BCUT2D eigenvalue weighted by Gasteiger charge is -2.11. The first kappa shape index (κ1) is 18.5. The van der Waals surface area contributed by atoms with Crippen LogP contribution >= 0.6 is 11.8 Å². The van der Waals surface area contributed by atoms with E-state index in [0.717, 1.165) is 29.1 Å². The Morgan fingerprint density at radius 3 is 2.77 bits per heavy atom. The van der Waals surface area contributed by atoms with E-state index in [1.165, 1.54) is 0 Å². The number of pyridine rings is 1. The van der Waals surface area contributed by atoms with Crippen molar-refractivity contribution in [1.82, 2.24) is 10.3 Å². The van der Waals surface area contributed by atoms with Crippen molar-refractivity contribution in [2.45, 2.75) is 43.5 Å². The monoisotopic (exact) mass is 369 g/mol.